The molecule has 4 heteroatoms. The average molecular weight is 273 g/mol. The van der Waals surface area contributed by atoms with E-state index in [1.54, 1.807) is 6.26 Å². The van der Waals surface area contributed by atoms with Gasteiger partial charge in [-0.2, -0.15) is 0 Å². The monoisotopic (exact) mass is 273 g/mol. The smallest absolute Gasteiger partial charge is 0.126 e. The lowest BCUT2D eigenvalue weighted by atomic mass is 10.2. The van der Waals surface area contributed by atoms with E-state index in [4.69, 9.17) is 4.42 Å². The Morgan fingerprint density at radius 3 is 2.85 bits per heavy atom. The number of hydrogen-bond acceptors (Lipinski definition) is 4. The van der Waals surface area contributed by atoms with Gasteiger partial charge >= 0.3 is 0 Å². The van der Waals surface area contributed by atoms with Gasteiger partial charge in [0.2, 0.25) is 0 Å². The first-order valence-electron chi connectivity index (χ1n) is 7.25. The van der Waals surface area contributed by atoms with Crippen LogP contribution < -0.4 is 5.32 Å². The lowest BCUT2D eigenvalue weighted by Gasteiger charge is -2.19. The van der Waals surface area contributed by atoms with Gasteiger partial charge in [-0.05, 0) is 42.8 Å². The summed E-state index contributed by atoms with van der Waals surface area (Å²) in [6, 6.07) is 8.15. The molecular weight excluding hydrogens is 250 g/mol. The first-order chi connectivity index (χ1) is 9.81. The third-order valence-corrected chi connectivity index (χ3v) is 3.19. The summed E-state index contributed by atoms with van der Waals surface area (Å²) in [6.45, 7) is 8.00. The van der Waals surface area contributed by atoms with Crippen molar-refractivity contribution in [1.82, 2.24) is 9.88 Å². The fourth-order valence-corrected chi connectivity index (χ4v) is 2.08. The second-order valence-electron chi connectivity index (χ2n) is 4.86. The number of nitrogens with zero attached hydrogens (tertiary/aromatic N) is 2. The molecule has 0 aliphatic rings. The summed E-state index contributed by atoms with van der Waals surface area (Å²) in [7, 11) is 0. The number of aromatic nitrogens is 1. The molecular formula is C16H23N3O. The second-order valence-corrected chi connectivity index (χ2v) is 4.86. The van der Waals surface area contributed by atoms with Crippen molar-refractivity contribution >= 4 is 5.82 Å². The minimum atomic E-state index is 0.837. The Bertz CT molecular complexity index is 496. The Morgan fingerprint density at radius 1 is 1.25 bits per heavy atom. The maximum atomic E-state index is 5.41. The Kier molecular flexibility index (Phi) is 5.62. The summed E-state index contributed by atoms with van der Waals surface area (Å²) in [4.78, 5) is 6.68. The molecule has 2 aromatic rings. The summed E-state index contributed by atoms with van der Waals surface area (Å²) in [6.07, 6.45) is 4.70. The highest BCUT2D eigenvalue weighted by molar-refractivity contribution is 5.37. The van der Waals surface area contributed by atoms with Crippen molar-refractivity contribution < 1.29 is 4.42 Å². The highest BCUT2D eigenvalue weighted by Gasteiger charge is 2.07. The highest BCUT2D eigenvalue weighted by Crippen LogP contribution is 2.12. The van der Waals surface area contributed by atoms with Crippen LogP contribution in [0.2, 0.25) is 0 Å². The molecule has 0 fully saturated rings. The van der Waals surface area contributed by atoms with Gasteiger partial charge in [-0.25, -0.2) is 4.98 Å². The fraction of sp³-hybridized carbons (Fsp3) is 0.438. The highest BCUT2D eigenvalue weighted by atomic mass is 16.3. The molecule has 1 N–H and O–H groups in total. The molecule has 0 saturated heterocycles. The van der Waals surface area contributed by atoms with Crippen LogP contribution in [0.25, 0.3) is 0 Å². The molecule has 0 amide bonds. The van der Waals surface area contributed by atoms with E-state index in [0.29, 0.717) is 0 Å². The van der Waals surface area contributed by atoms with E-state index in [9.17, 15) is 0 Å². The van der Waals surface area contributed by atoms with Crippen LogP contribution in [0, 0.1) is 0 Å². The van der Waals surface area contributed by atoms with Gasteiger partial charge < -0.3 is 9.73 Å². The van der Waals surface area contributed by atoms with Gasteiger partial charge in [0.25, 0.3) is 0 Å². The van der Waals surface area contributed by atoms with Crippen LogP contribution in [-0.2, 0) is 13.1 Å². The minimum absolute atomic E-state index is 0.837. The van der Waals surface area contributed by atoms with E-state index in [1.165, 1.54) is 5.56 Å². The van der Waals surface area contributed by atoms with Crippen molar-refractivity contribution in [3.8, 4) is 0 Å². The molecule has 0 unspecified atom stereocenters. The van der Waals surface area contributed by atoms with Gasteiger partial charge in [-0.1, -0.05) is 13.8 Å². The standard InChI is InChI=1S/C16H23N3O/c1-3-8-17-16-11-14(7-9-18-16)12-19(4-2)13-15-6-5-10-20-15/h5-7,9-11H,3-4,8,12-13H2,1-2H3,(H,17,18). The molecule has 0 aliphatic heterocycles. The minimum Gasteiger partial charge on any atom is -0.468 e. The van der Waals surface area contributed by atoms with Crippen LogP contribution in [0.15, 0.2) is 41.1 Å². The van der Waals surface area contributed by atoms with Crippen molar-refractivity contribution in [3.05, 3.63) is 48.0 Å². The van der Waals surface area contributed by atoms with Crippen LogP contribution in [0.3, 0.4) is 0 Å². The number of anilines is 1. The van der Waals surface area contributed by atoms with E-state index in [-0.39, 0.29) is 0 Å². The zero-order valence-corrected chi connectivity index (χ0v) is 12.3. The summed E-state index contributed by atoms with van der Waals surface area (Å²) >= 11 is 0. The topological polar surface area (TPSA) is 41.3 Å². The number of hydrogen-bond donors (Lipinski definition) is 1. The van der Waals surface area contributed by atoms with Crippen molar-refractivity contribution in [2.45, 2.75) is 33.4 Å². The first kappa shape index (κ1) is 14.6. The molecule has 2 aromatic heterocycles. The predicted molar refractivity (Wildman–Crippen MR) is 81.5 cm³/mol. The number of pyridine rings is 1. The average Bonchev–Trinajstić information content (AvgIpc) is 2.98. The summed E-state index contributed by atoms with van der Waals surface area (Å²) in [5.41, 5.74) is 1.27. The maximum Gasteiger partial charge on any atom is 0.126 e. The van der Waals surface area contributed by atoms with Gasteiger partial charge in [0.15, 0.2) is 0 Å². The van der Waals surface area contributed by atoms with Gasteiger partial charge in [0, 0.05) is 19.3 Å². The summed E-state index contributed by atoms with van der Waals surface area (Å²) < 4.78 is 5.41. The van der Waals surface area contributed by atoms with Crippen LogP contribution >= 0.6 is 0 Å². The largest absolute Gasteiger partial charge is 0.468 e. The Hall–Kier alpha value is -1.81. The Balaban J connectivity index is 1.96. The molecule has 4 nitrogen and oxygen atoms in total. The molecule has 0 radical (unpaired) electrons. The molecule has 2 heterocycles. The van der Waals surface area contributed by atoms with E-state index in [2.05, 4.69) is 41.2 Å². The lowest BCUT2D eigenvalue weighted by Crippen LogP contribution is -2.22. The maximum absolute atomic E-state index is 5.41. The molecule has 0 spiro atoms. The zero-order valence-electron chi connectivity index (χ0n) is 12.3. The molecule has 0 bridgehead atoms. The predicted octanol–water partition coefficient (Wildman–Crippen LogP) is 3.52. The second kappa shape index (κ2) is 7.70. The third kappa shape index (κ3) is 4.38. The van der Waals surface area contributed by atoms with Crippen molar-refractivity contribution in [3.63, 3.8) is 0 Å². The summed E-state index contributed by atoms with van der Waals surface area (Å²) in [5, 5.41) is 3.32. The third-order valence-electron chi connectivity index (χ3n) is 3.19. The molecule has 0 saturated carbocycles. The van der Waals surface area contributed by atoms with Gasteiger partial charge in [-0.15, -0.1) is 0 Å². The summed E-state index contributed by atoms with van der Waals surface area (Å²) in [5.74, 6) is 1.96. The van der Waals surface area contributed by atoms with Crippen LogP contribution in [0.5, 0.6) is 0 Å². The SMILES string of the molecule is CCCNc1cc(CN(CC)Cc2ccco2)ccn1. The zero-order chi connectivity index (χ0) is 14.2. The molecule has 2 rings (SSSR count). The van der Waals surface area contributed by atoms with E-state index >= 15 is 0 Å². The molecule has 0 aromatic carbocycles. The molecule has 0 aliphatic carbocycles. The first-order valence-corrected chi connectivity index (χ1v) is 7.25. The molecule has 108 valence electrons. The fourth-order valence-electron chi connectivity index (χ4n) is 2.08. The van der Waals surface area contributed by atoms with Crippen LogP contribution in [0.1, 0.15) is 31.6 Å². The van der Waals surface area contributed by atoms with E-state index in [0.717, 1.165) is 44.2 Å². The number of rotatable bonds is 8. The number of nitrogens with one attached hydrogen (secondary N) is 1. The van der Waals surface area contributed by atoms with Crippen LogP contribution in [0.4, 0.5) is 5.82 Å². The van der Waals surface area contributed by atoms with Crippen LogP contribution in [-0.4, -0.2) is 23.0 Å². The van der Waals surface area contributed by atoms with Gasteiger partial charge in [0.1, 0.15) is 11.6 Å². The number of furan rings is 1. The Labute approximate surface area is 120 Å². The van der Waals surface area contributed by atoms with Gasteiger partial charge in [-0.3, -0.25) is 4.90 Å². The quantitative estimate of drug-likeness (QED) is 0.799. The van der Waals surface area contributed by atoms with E-state index < -0.39 is 0 Å². The van der Waals surface area contributed by atoms with Crippen molar-refractivity contribution in [1.29, 1.82) is 0 Å². The lowest BCUT2D eigenvalue weighted by molar-refractivity contribution is 0.248. The van der Waals surface area contributed by atoms with Crippen molar-refractivity contribution in [2.75, 3.05) is 18.4 Å². The van der Waals surface area contributed by atoms with E-state index in [1.807, 2.05) is 18.3 Å². The normalized spacial score (nSPS) is 10.9. The van der Waals surface area contributed by atoms with Gasteiger partial charge in [0.05, 0.1) is 12.8 Å². The van der Waals surface area contributed by atoms with Crippen molar-refractivity contribution in [2.24, 2.45) is 0 Å². The molecule has 0 atom stereocenters. The molecule has 20 heavy (non-hydrogen) atoms. The Morgan fingerprint density at radius 2 is 2.15 bits per heavy atom.